The molecular formula is C15H13O3S. The molecular weight excluding hydrogens is 260 g/mol. The summed E-state index contributed by atoms with van der Waals surface area (Å²) in [5.41, 5.74) is 0.758. The Balaban J connectivity index is 2.50. The molecule has 3 nitrogen and oxygen atoms in total. The Morgan fingerprint density at radius 2 is 1.68 bits per heavy atom. The average molecular weight is 273 g/mol. The molecule has 0 aliphatic carbocycles. The summed E-state index contributed by atoms with van der Waals surface area (Å²) in [7, 11) is -3.53. The van der Waals surface area contributed by atoms with Crippen LogP contribution in [-0.2, 0) is 9.84 Å². The standard InChI is InChI=1S/C15H13O3S/c1-19(17,18)15(13-10-6-3-7-11-13)14(16)12-8-4-2-5-9-12/h2-8,10-11,15H,1H3. The van der Waals surface area contributed by atoms with Gasteiger partial charge in [-0.3, -0.25) is 4.79 Å². The summed E-state index contributed by atoms with van der Waals surface area (Å²) in [6, 6.07) is 17.9. The van der Waals surface area contributed by atoms with Crippen molar-refractivity contribution in [3.8, 4) is 0 Å². The van der Waals surface area contributed by atoms with Crippen molar-refractivity contribution in [1.29, 1.82) is 0 Å². The number of sulfone groups is 1. The molecule has 1 radical (unpaired) electrons. The van der Waals surface area contributed by atoms with Crippen LogP contribution in [0.2, 0.25) is 0 Å². The second kappa shape index (κ2) is 5.36. The van der Waals surface area contributed by atoms with Crippen molar-refractivity contribution in [1.82, 2.24) is 0 Å². The summed E-state index contributed by atoms with van der Waals surface area (Å²) in [6.45, 7) is 0. The Bertz CT molecular complexity index is 661. The summed E-state index contributed by atoms with van der Waals surface area (Å²) in [5.74, 6) is -0.450. The van der Waals surface area contributed by atoms with Crippen LogP contribution in [0.25, 0.3) is 0 Å². The molecule has 2 aromatic rings. The summed E-state index contributed by atoms with van der Waals surface area (Å²) >= 11 is 0. The van der Waals surface area contributed by atoms with Gasteiger partial charge in [-0.2, -0.15) is 0 Å². The smallest absolute Gasteiger partial charge is 0.186 e. The van der Waals surface area contributed by atoms with Crippen molar-refractivity contribution in [2.45, 2.75) is 5.25 Å². The summed E-state index contributed by atoms with van der Waals surface area (Å²) in [4.78, 5) is 12.4. The zero-order valence-corrected chi connectivity index (χ0v) is 11.2. The SMILES string of the molecule is CS(=O)(=O)C(C(=O)c1[c]cccc1)c1ccccc1. The highest BCUT2D eigenvalue weighted by Crippen LogP contribution is 2.25. The molecule has 19 heavy (non-hydrogen) atoms. The highest BCUT2D eigenvalue weighted by molar-refractivity contribution is 7.91. The molecule has 1 unspecified atom stereocenters. The lowest BCUT2D eigenvalue weighted by Gasteiger charge is -2.14. The number of rotatable bonds is 4. The topological polar surface area (TPSA) is 51.2 Å². The molecule has 0 fully saturated rings. The lowest BCUT2D eigenvalue weighted by Crippen LogP contribution is -2.21. The van der Waals surface area contributed by atoms with Crippen molar-refractivity contribution < 1.29 is 13.2 Å². The van der Waals surface area contributed by atoms with Gasteiger partial charge < -0.3 is 0 Å². The third kappa shape index (κ3) is 3.09. The Morgan fingerprint density at radius 1 is 1.05 bits per heavy atom. The van der Waals surface area contributed by atoms with Gasteiger partial charge in [-0.25, -0.2) is 8.42 Å². The van der Waals surface area contributed by atoms with E-state index in [-0.39, 0.29) is 5.56 Å². The van der Waals surface area contributed by atoms with Gasteiger partial charge in [0.15, 0.2) is 15.6 Å². The number of hydrogen-bond donors (Lipinski definition) is 0. The largest absolute Gasteiger partial charge is 0.292 e. The number of ketones is 1. The van der Waals surface area contributed by atoms with Crippen LogP contribution < -0.4 is 0 Å². The normalized spacial score (nSPS) is 12.9. The number of carbonyl (C=O) groups is 1. The van der Waals surface area contributed by atoms with E-state index in [1.54, 1.807) is 54.6 Å². The molecule has 0 aromatic heterocycles. The van der Waals surface area contributed by atoms with Crippen LogP contribution in [0, 0.1) is 6.07 Å². The van der Waals surface area contributed by atoms with Crippen LogP contribution in [0.15, 0.2) is 54.6 Å². The van der Waals surface area contributed by atoms with E-state index in [4.69, 9.17) is 0 Å². The second-order valence-corrected chi connectivity index (χ2v) is 6.39. The lowest BCUT2D eigenvalue weighted by atomic mass is 10.0. The van der Waals surface area contributed by atoms with E-state index >= 15 is 0 Å². The van der Waals surface area contributed by atoms with Gasteiger partial charge in [0.25, 0.3) is 0 Å². The summed E-state index contributed by atoms with van der Waals surface area (Å²) in [6.07, 6.45) is 1.07. The highest BCUT2D eigenvalue weighted by Gasteiger charge is 2.31. The predicted molar refractivity (Wildman–Crippen MR) is 73.6 cm³/mol. The van der Waals surface area contributed by atoms with Crippen LogP contribution in [0.3, 0.4) is 0 Å². The maximum Gasteiger partial charge on any atom is 0.186 e. The predicted octanol–water partition coefficient (Wildman–Crippen LogP) is 2.46. The first kappa shape index (κ1) is 13.5. The van der Waals surface area contributed by atoms with E-state index in [9.17, 15) is 13.2 Å². The number of hydrogen-bond acceptors (Lipinski definition) is 3. The molecule has 4 heteroatoms. The Labute approximate surface area is 112 Å². The van der Waals surface area contributed by atoms with Gasteiger partial charge in [-0.15, -0.1) is 0 Å². The third-order valence-electron chi connectivity index (χ3n) is 2.74. The van der Waals surface area contributed by atoms with Crippen molar-refractivity contribution in [3.05, 3.63) is 71.8 Å². The Kier molecular flexibility index (Phi) is 3.81. The van der Waals surface area contributed by atoms with Crippen LogP contribution in [0.5, 0.6) is 0 Å². The fraction of sp³-hybridized carbons (Fsp3) is 0.133. The molecule has 0 amide bonds. The molecule has 0 N–H and O–H groups in total. The minimum atomic E-state index is -3.53. The summed E-state index contributed by atoms with van der Waals surface area (Å²) < 4.78 is 23.8. The van der Waals surface area contributed by atoms with E-state index in [0.717, 1.165) is 6.26 Å². The summed E-state index contributed by atoms with van der Waals surface area (Å²) in [5, 5.41) is -1.17. The van der Waals surface area contributed by atoms with Gasteiger partial charge in [-0.1, -0.05) is 54.6 Å². The second-order valence-electron chi connectivity index (χ2n) is 4.26. The van der Waals surface area contributed by atoms with E-state index in [1.165, 1.54) is 0 Å². The minimum absolute atomic E-state index is 0.279. The molecule has 0 spiro atoms. The average Bonchev–Trinajstić information content (AvgIpc) is 2.39. The number of benzene rings is 2. The molecule has 0 bridgehead atoms. The van der Waals surface area contributed by atoms with Crippen molar-refractivity contribution in [2.75, 3.05) is 6.26 Å². The van der Waals surface area contributed by atoms with E-state index < -0.39 is 20.9 Å². The van der Waals surface area contributed by atoms with Gasteiger partial charge >= 0.3 is 0 Å². The molecule has 0 saturated heterocycles. The maximum absolute atomic E-state index is 12.4. The first-order valence-electron chi connectivity index (χ1n) is 5.75. The monoisotopic (exact) mass is 273 g/mol. The maximum atomic E-state index is 12.4. The third-order valence-corrected chi connectivity index (χ3v) is 4.09. The van der Waals surface area contributed by atoms with Crippen molar-refractivity contribution in [2.24, 2.45) is 0 Å². The zero-order valence-electron chi connectivity index (χ0n) is 10.4. The van der Waals surface area contributed by atoms with Crippen LogP contribution >= 0.6 is 0 Å². The van der Waals surface area contributed by atoms with Crippen LogP contribution in [0.1, 0.15) is 21.2 Å². The first-order chi connectivity index (χ1) is 9.00. The van der Waals surface area contributed by atoms with Gasteiger partial charge in [0.2, 0.25) is 0 Å². The Hall–Kier alpha value is -1.94. The first-order valence-corrected chi connectivity index (χ1v) is 7.70. The quantitative estimate of drug-likeness (QED) is 0.804. The van der Waals surface area contributed by atoms with Gasteiger partial charge in [-0.05, 0) is 11.6 Å². The fourth-order valence-electron chi connectivity index (χ4n) is 1.91. The number of Topliss-reactive ketones (excluding diaryl/α,β-unsaturated/α-hetero) is 1. The zero-order chi connectivity index (χ0) is 13.9. The van der Waals surface area contributed by atoms with Crippen molar-refractivity contribution >= 4 is 15.6 Å². The minimum Gasteiger partial charge on any atom is -0.292 e. The molecule has 97 valence electrons. The Morgan fingerprint density at radius 3 is 2.21 bits per heavy atom. The lowest BCUT2D eigenvalue weighted by molar-refractivity contribution is 0.0986. The fourth-order valence-corrected chi connectivity index (χ4v) is 3.08. The van der Waals surface area contributed by atoms with Gasteiger partial charge in [0.05, 0.1) is 0 Å². The molecule has 0 heterocycles. The van der Waals surface area contributed by atoms with E-state index in [0.29, 0.717) is 5.56 Å². The highest BCUT2D eigenvalue weighted by atomic mass is 32.2. The van der Waals surface area contributed by atoms with Crippen LogP contribution in [-0.4, -0.2) is 20.5 Å². The molecule has 2 rings (SSSR count). The molecule has 1 atom stereocenters. The van der Waals surface area contributed by atoms with Gasteiger partial charge in [0.1, 0.15) is 5.25 Å². The van der Waals surface area contributed by atoms with E-state index in [2.05, 4.69) is 6.07 Å². The van der Waals surface area contributed by atoms with Crippen molar-refractivity contribution in [3.63, 3.8) is 0 Å². The molecule has 0 saturated carbocycles. The molecule has 2 aromatic carbocycles. The molecule has 0 aliphatic rings. The number of carbonyl (C=O) groups excluding carboxylic acids is 1. The molecule has 0 aliphatic heterocycles. The van der Waals surface area contributed by atoms with Crippen LogP contribution in [0.4, 0.5) is 0 Å². The van der Waals surface area contributed by atoms with Gasteiger partial charge in [0, 0.05) is 11.8 Å². The van der Waals surface area contributed by atoms with E-state index in [1.807, 2.05) is 0 Å².